The zero-order chi connectivity index (χ0) is 12.3. The third-order valence-corrected chi connectivity index (χ3v) is 3.47. The first-order valence-electron chi connectivity index (χ1n) is 5.77. The lowest BCUT2D eigenvalue weighted by Gasteiger charge is -2.20. The zero-order valence-corrected chi connectivity index (χ0v) is 10.6. The van der Waals surface area contributed by atoms with Crippen LogP contribution in [0.2, 0.25) is 5.02 Å². The Hall–Kier alpha value is -1.07. The average Bonchev–Trinajstić information content (AvgIpc) is 2.79. The SMILES string of the molecule is COc1ncc(Cl)c(NC2CCCC2CN)n1. The van der Waals surface area contributed by atoms with Gasteiger partial charge in [-0.3, -0.25) is 0 Å². The van der Waals surface area contributed by atoms with Gasteiger partial charge in [0, 0.05) is 6.04 Å². The van der Waals surface area contributed by atoms with E-state index in [0.29, 0.717) is 35.4 Å². The number of halogens is 1. The van der Waals surface area contributed by atoms with Crippen LogP contribution < -0.4 is 15.8 Å². The molecule has 5 nitrogen and oxygen atoms in total. The van der Waals surface area contributed by atoms with Gasteiger partial charge in [0.15, 0.2) is 5.82 Å². The van der Waals surface area contributed by atoms with Gasteiger partial charge < -0.3 is 15.8 Å². The summed E-state index contributed by atoms with van der Waals surface area (Å²) in [6.45, 7) is 0.692. The van der Waals surface area contributed by atoms with Crippen LogP contribution in [0.5, 0.6) is 6.01 Å². The Morgan fingerprint density at radius 3 is 3.12 bits per heavy atom. The predicted octanol–water partition coefficient (Wildman–Crippen LogP) is 1.68. The third-order valence-electron chi connectivity index (χ3n) is 3.19. The Balaban J connectivity index is 2.12. The molecule has 17 heavy (non-hydrogen) atoms. The molecule has 0 bridgehead atoms. The lowest BCUT2D eigenvalue weighted by atomic mass is 10.0. The van der Waals surface area contributed by atoms with E-state index < -0.39 is 0 Å². The maximum atomic E-state index is 6.05. The molecule has 3 N–H and O–H groups in total. The zero-order valence-electron chi connectivity index (χ0n) is 9.82. The Bertz CT molecular complexity index is 388. The number of aromatic nitrogens is 2. The van der Waals surface area contributed by atoms with E-state index in [4.69, 9.17) is 22.1 Å². The molecule has 0 radical (unpaired) electrons. The number of hydrogen-bond donors (Lipinski definition) is 2. The van der Waals surface area contributed by atoms with Crippen molar-refractivity contribution in [3.8, 4) is 6.01 Å². The summed E-state index contributed by atoms with van der Waals surface area (Å²) in [6.07, 6.45) is 5.00. The summed E-state index contributed by atoms with van der Waals surface area (Å²) in [5, 5.41) is 3.85. The predicted molar refractivity (Wildman–Crippen MR) is 67.4 cm³/mol. The molecule has 0 aliphatic heterocycles. The second-order valence-corrected chi connectivity index (χ2v) is 4.64. The highest BCUT2D eigenvalue weighted by Gasteiger charge is 2.26. The monoisotopic (exact) mass is 256 g/mol. The number of nitrogens with two attached hydrogens (primary N) is 1. The molecule has 1 saturated carbocycles. The maximum absolute atomic E-state index is 6.05. The second kappa shape index (κ2) is 5.51. The number of ether oxygens (including phenoxy) is 1. The number of anilines is 1. The van der Waals surface area contributed by atoms with Crippen molar-refractivity contribution in [3.05, 3.63) is 11.2 Å². The van der Waals surface area contributed by atoms with E-state index in [-0.39, 0.29) is 0 Å². The number of methoxy groups -OCH3 is 1. The number of rotatable bonds is 4. The van der Waals surface area contributed by atoms with Gasteiger partial charge in [0.1, 0.15) is 5.02 Å². The van der Waals surface area contributed by atoms with Gasteiger partial charge in [-0.1, -0.05) is 18.0 Å². The Morgan fingerprint density at radius 2 is 2.41 bits per heavy atom. The number of nitrogens with zero attached hydrogens (tertiary/aromatic N) is 2. The summed E-state index contributed by atoms with van der Waals surface area (Å²) in [7, 11) is 1.53. The number of nitrogens with one attached hydrogen (secondary N) is 1. The van der Waals surface area contributed by atoms with Crippen molar-refractivity contribution in [2.45, 2.75) is 25.3 Å². The molecular formula is C11H17ClN4O. The van der Waals surface area contributed by atoms with E-state index in [9.17, 15) is 0 Å². The van der Waals surface area contributed by atoms with E-state index in [1.54, 1.807) is 6.20 Å². The first kappa shape index (κ1) is 12.4. The van der Waals surface area contributed by atoms with Gasteiger partial charge >= 0.3 is 6.01 Å². The lowest BCUT2D eigenvalue weighted by Crippen LogP contribution is -2.30. The summed E-state index contributed by atoms with van der Waals surface area (Å²) in [4.78, 5) is 8.15. The summed E-state index contributed by atoms with van der Waals surface area (Å²) in [5.74, 6) is 1.12. The van der Waals surface area contributed by atoms with E-state index in [0.717, 1.165) is 12.8 Å². The maximum Gasteiger partial charge on any atom is 0.318 e. The van der Waals surface area contributed by atoms with Crippen molar-refractivity contribution >= 4 is 17.4 Å². The quantitative estimate of drug-likeness (QED) is 0.858. The first-order valence-corrected chi connectivity index (χ1v) is 6.15. The van der Waals surface area contributed by atoms with E-state index in [1.165, 1.54) is 13.5 Å². The molecule has 0 saturated heterocycles. The van der Waals surface area contributed by atoms with Gasteiger partial charge in [-0.05, 0) is 25.3 Å². The van der Waals surface area contributed by atoms with Crippen LogP contribution >= 0.6 is 11.6 Å². The van der Waals surface area contributed by atoms with Gasteiger partial charge in [0.05, 0.1) is 13.3 Å². The molecule has 0 amide bonds. The van der Waals surface area contributed by atoms with Crippen LogP contribution in [0.15, 0.2) is 6.20 Å². The molecule has 1 fully saturated rings. The Labute approximate surface area is 106 Å². The minimum Gasteiger partial charge on any atom is -0.467 e. The van der Waals surface area contributed by atoms with Gasteiger partial charge in [0.25, 0.3) is 0 Å². The van der Waals surface area contributed by atoms with Crippen molar-refractivity contribution in [3.63, 3.8) is 0 Å². The standard InChI is InChI=1S/C11H17ClN4O/c1-17-11-14-6-8(12)10(16-11)15-9-4-2-3-7(9)5-13/h6-7,9H,2-5,13H2,1H3,(H,14,15,16). The molecule has 1 aliphatic carbocycles. The van der Waals surface area contributed by atoms with Crippen molar-refractivity contribution in [1.29, 1.82) is 0 Å². The van der Waals surface area contributed by atoms with Crippen molar-refractivity contribution in [1.82, 2.24) is 9.97 Å². The molecule has 94 valence electrons. The fourth-order valence-corrected chi connectivity index (χ4v) is 2.38. The molecular weight excluding hydrogens is 240 g/mol. The highest BCUT2D eigenvalue weighted by molar-refractivity contribution is 6.32. The largest absolute Gasteiger partial charge is 0.467 e. The molecule has 0 aromatic carbocycles. The van der Waals surface area contributed by atoms with Crippen LogP contribution in [0.4, 0.5) is 5.82 Å². The van der Waals surface area contributed by atoms with Crippen LogP contribution in [0.25, 0.3) is 0 Å². The Morgan fingerprint density at radius 1 is 1.59 bits per heavy atom. The molecule has 6 heteroatoms. The molecule has 0 spiro atoms. The van der Waals surface area contributed by atoms with E-state index in [2.05, 4.69) is 15.3 Å². The Kier molecular flexibility index (Phi) is 4.02. The second-order valence-electron chi connectivity index (χ2n) is 4.23. The summed E-state index contributed by atoms with van der Waals surface area (Å²) in [6, 6.07) is 0.663. The molecule has 2 atom stereocenters. The first-order chi connectivity index (χ1) is 8.24. The van der Waals surface area contributed by atoms with Gasteiger partial charge in [-0.2, -0.15) is 4.98 Å². The van der Waals surface area contributed by atoms with Gasteiger partial charge in [-0.15, -0.1) is 0 Å². The molecule has 1 heterocycles. The summed E-state index contributed by atoms with van der Waals surface area (Å²) in [5.41, 5.74) is 5.74. The van der Waals surface area contributed by atoms with Crippen LogP contribution in [0.3, 0.4) is 0 Å². The van der Waals surface area contributed by atoms with Crippen molar-refractivity contribution in [2.24, 2.45) is 11.7 Å². The fraction of sp³-hybridized carbons (Fsp3) is 0.636. The van der Waals surface area contributed by atoms with Crippen LogP contribution in [0, 0.1) is 5.92 Å². The van der Waals surface area contributed by atoms with Crippen molar-refractivity contribution < 1.29 is 4.74 Å². The van der Waals surface area contributed by atoms with Gasteiger partial charge in [0.2, 0.25) is 0 Å². The van der Waals surface area contributed by atoms with Crippen molar-refractivity contribution in [2.75, 3.05) is 19.0 Å². The van der Waals surface area contributed by atoms with E-state index >= 15 is 0 Å². The topological polar surface area (TPSA) is 73.1 Å². The molecule has 2 unspecified atom stereocenters. The van der Waals surface area contributed by atoms with Crippen LogP contribution in [-0.4, -0.2) is 29.7 Å². The third kappa shape index (κ3) is 2.79. The molecule has 1 aromatic rings. The highest BCUT2D eigenvalue weighted by atomic mass is 35.5. The minimum absolute atomic E-state index is 0.319. The minimum atomic E-state index is 0.319. The summed E-state index contributed by atoms with van der Waals surface area (Å²) >= 11 is 6.05. The van der Waals surface area contributed by atoms with Crippen LogP contribution in [0.1, 0.15) is 19.3 Å². The average molecular weight is 257 g/mol. The van der Waals surface area contributed by atoms with E-state index in [1.807, 2.05) is 0 Å². The normalized spacial score (nSPS) is 23.7. The lowest BCUT2D eigenvalue weighted by molar-refractivity contribution is 0.380. The van der Waals surface area contributed by atoms with Gasteiger partial charge in [-0.25, -0.2) is 4.98 Å². The smallest absolute Gasteiger partial charge is 0.318 e. The fourth-order valence-electron chi connectivity index (χ4n) is 2.24. The molecule has 1 aromatic heterocycles. The summed E-state index contributed by atoms with van der Waals surface area (Å²) < 4.78 is 4.98. The molecule has 1 aliphatic rings. The highest BCUT2D eigenvalue weighted by Crippen LogP contribution is 2.29. The molecule has 2 rings (SSSR count). The number of hydrogen-bond acceptors (Lipinski definition) is 5. The van der Waals surface area contributed by atoms with Crippen LogP contribution in [-0.2, 0) is 0 Å².